The molecule has 0 amide bonds. The van der Waals surface area contributed by atoms with E-state index in [-0.39, 0.29) is 33.6 Å². The number of para-hydroxylation sites is 1. The summed E-state index contributed by atoms with van der Waals surface area (Å²) in [5.41, 5.74) is 6.47. The number of fused-ring (bicyclic) bond motifs is 1. The zero-order valence-corrected chi connectivity index (χ0v) is 15.0. The highest BCUT2D eigenvalue weighted by molar-refractivity contribution is 6.00. The molecular weight excluding hydrogens is 344 g/mol. The maximum absolute atomic E-state index is 13.1. The number of carbonyl (C=O) groups is 1. The Balaban J connectivity index is 1.99. The van der Waals surface area contributed by atoms with E-state index in [9.17, 15) is 14.9 Å². The van der Waals surface area contributed by atoms with E-state index < -0.39 is 5.92 Å². The van der Waals surface area contributed by atoms with Crippen LogP contribution in [0.4, 0.5) is 0 Å². The van der Waals surface area contributed by atoms with E-state index in [1.165, 1.54) is 6.26 Å². The summed E-state index contributed by atoms with van der Waals surface area (Å²) in [5.74, 6) is -0.646. The number of ether oxygens (including phenoxy) is 1. The lowest BCUT2D eigenvalue weighted by Crippen LogP contribution is -2.34. The van der Waals surface area contributed by atoms with Crippen molar-refractivity contribution in [2.24, 2.45) is 11.1 Å². The van der Waals surface area contributed by atoms with Crippen LogP contribution in [0.3, 0.4) is 0 Å². The molecule has 1 unspecified atom stereocenters. The topological polar surface area (TPSA) is 106 Å². The summed E-state index contributed by atoms with van der Waals surface area (Å²) in [6, 6.07) is 8.87. The van der Waals surface area contributed by atoms with Crippen molar-refractivity contribution in [3.8, 4) is 6.07 Å². The zero-order chi connectivity index (χ0) is 19.3. The number of carbonyl (C=O) groups excluding carboxylic acids is 1. The first-order chi connectivity index (χ1) is 12.8. The number of rotatable bonds is 1. The Morgan fingerprint density at radius 3 is 2.70 bits per heavy atom. The summed E-state index contributed by atoms with van der Waals surface area (Å²) in [6.45, 7) is 3.94. The van der Waals surface area contributed by atoms with E-state index in [4.69, 9.17) is 14.9 Å². The number of allylic oxidation sites excluding steroid dienone is 3. The van der Waals surface area contributed by atoms with Crippen LogP contribution in [0.2, 0.25) is 0 Å². The predicted octanol–water partition coefficient (Wildman–Crippen LogP) is 3.24. The average Bonchev–Trinajstić information content (AvgIpc) is 2.60. The Kier molecular flexibility index (Phi) is 3.70. The minimum Gasteiger partial charge on any atom is -0.464 e. The maximum Gasteiger partial charge on any atom is 0.205 e. The molecule has 2 heterocycles. The van der Waals surface area contributed by atoms with Crippen molar-refractivity contribution >= 4 is 16.8 Å². The average molecular weight is 362 g/mol. The lowest BCUT2D eigenvalue weighted by atomic mass is 9.70. The largest absolute Gasteiger partial charge is 0.464 e. The molecule has 1 aromatic carbocycles. The van der Waals surface area contributed by atoms with E-state index >= 15 is 0 Å². The van der Waals surface area contributed by atoms with E-state index in [2.05, 4.69) is 0 Å². The first kappa shape index (κ1) is 17.1. The van der Waals surface area contributed by atoms with Gasteiger partial charge in [0, 0.05) is 24.0 Å². The van der Waals surface area contributed by atoms with Crippen LogP contribution in [-0.4, -0.2) is 5.78 Å². The minimum atomic E-state index is -0.872. The molecule has 27 heavy (non-hydrogen) atoms. The van der Waals surface area contributed by atoms with Gasteiger partial charge in [0.2, 0.25) is 5.88 Å². The van der Waals surface area contributed by atoms with Gasteiger partial charge >= 0.3 is 0 Å². The van der Waals surface area contributed by atoms with Crippen LogP contribution in [0.15, 0.2) is 62.5 Å². The molecule has 0 saturated heterocycles. The molecule has 0 fully saturated rings. The third-order valence-corrected chi connectivity index (χ3v) is 5.09. The van der Waals surface area contributed by atoms with Crippen molar-refractivity contribution in [3.05, 3.63) is 69.1 Å². The highest BCUT2D eigenvalue weighted by Gasteiger charge is 2.44. The second-order valence-corrected chi connectivity index (χ2v) is 7.72. The van der Waals surface area contributed by atoms with Gasteiger partial charge in [0.15, 0.2) is 11.2 Å². The molecule has 2 aromatic rings. The van der Waals surface area contributed by atoms with Gasteiger partial charge in [0.05, 0.1) is 17.6 Å². The quantitative estimate of drug-likeness (QED) is 0.834. The normalized spacial score (nSPS) is 21.7. The summed E-state index contributed by atoms with van der Waals surface area (Å²) >= 11 is 0. The Labute approximate surface area is 155 Å². The molecule has 0 radical (unpaired) electrons. The third-order valence-electron chi connectivity index (χ3n) is 5.09. The number of benzene rings is 1. The van der Waals surface area contributed by atoms with Crippen LogP contribution in [0.25, 0.3) is 11.0 Å². The van der Waals surface area contributed by atoms with Crippen LogP contribution in [-0.2, 0) is 9.53 Å². The van der Waals surface area contributed by atoms with Crippen molar-refractivity contribution < 1.29 is 13.9 Å². The maximum atomic E-state index is 13.1. The summed E-state index contributed by atoms with van der Waals surface area (Å²) in [5, 5.41) is 10.0. The number of Topliss-reactive ketones (excluding diaryl/α,β-unsaturated/α-hetero) is 1. The van der Waals surface area contributed by atoms with Gasteiger partial charge in [-0.25, -0.2) is 0 Å². The molecular formula is C21H18N2O4. The Bertz CT molecular complexity index is 1140. The Hall–Kier alpha value is -3.33. The molecule has 0 bridgehead atoms. The molecule has 0 saturated carbocycles. The number of nitriles is 1. The van der Waals surface area contributed by atoms with Gasteiger partial charge in [-0.2, -0.15) is 5.26 Å². The number of hydrogen-bond donors (Lipinski definition) is 1. The predicted molar refractivity (Wildman–Crippen MR) is 98.2 cm³/mol. The van der Waals surface area contributed by atoms with E-state index in [0.717, 1.165) is 0 Å². The van der Waals surface area contributed by atoms with Crippen LogP contribution in [0.1, 0.15) is 38.2 Å². The summed E-state index contributed by atoms with van der Waals surface area (Å²) in [7, 11) is 0. The van der Waals surface area contributed by atoms with Gasteiger partial charge in [0.25, 0.3) is 0 Å². The lowest BCUT2D eigenvalue weighted by molar-refractivity contribution is -0.119. The van der Waals surface area contributed by atoms with Crippen LogP contribution < -0.4 is 11.2 Å². The smallest absolute Gasteiger partial charge is 0.205 e. The minimum absolute atomic E-state index is 0.0596. The second-order valence-electron chi connectivity index (χ2n) is 7.72. The number of nitrogens with two attached hydrogens (primary N) is 1. The monoisotopic (exact) mass is 362 g/mol. The van der Waals surface area contributed by atoms with Crippen LogP contribution in [0.5, 0.6) is 0 Å². The standard InChI is InChI=1S/C21H18N2O4/c1-21(2)7-14(24)18-16(8-21)27-20(23)12(9-22)17(18)13-10-26-15-6-4-3-5-11(15)19(13)25/h3-6,10,17H,7-8,23H2,1-2H3. The van der Waals surface area contributed by atoms with Gasteiger partial charge in [-0.1, -0.05) is 26.0 Å². The molecule has 1 aromatic heterocycles. The van der Waals surface area contributed by atoms with Gasteiger partial charge in [-0.15, -0.1) is 0 Å². The van der Waals surface area contributed by atoms with Crippen molar-refractivity contribution in [2.45, 2.75) is 32.6 Å². The molecule has 1 atom stereocenters. The van der Waals surface area contributed by atoms with E-state index in [1.807, 2.05) is 19.9 Å². The van der Waals surface area contributed by atoms with Crippen molar-refractivity contribution in [3.63, 3.8) is 0 Å². The summed E-state index contributed by atoms with van der Waals surface area (Å²) in [4.78, 5) is 26.0. The van der Waals surface area contributed by atoms with Crippen molar-refractivity contribution in [2.75, 3.05) is 0 Å². The van der Waals surface area contributed by atoms with Crippen LogP contribution >= 0.6 is 0 Å². The molecule has 6 heteroatoms. The fourth-order valence-electron chi connectivity index (χ4n) is 3.89. The molecule has 4 rings (SSSR count). The highest BCUT2D eigenvalue weighted by atomic mass is 16.5. The SMILES string of the molecule is CC1(C)CC(=O)C2=C(C1)OC(N)=C(C#N)C2c1coc2ccccc2c1=O. The first-order valence-corrected chi connectivity index (χ1v) is 8.66. The summed E-state index contributed by atoms with van der Waals surface area (Å²) < 4.78 is 11.3. The van der Waals surface area contributed by atoms with Gasteiger partial charge in [-0.3, -0.25) is 9.59 Å². The van der Waals surface area contributed by atoms with Crippen molar-refractivity contribution in [1.29, 1.82) is 5.26 Å². The molecule has 136 valence electrons. The molecule has 1 aliphatic carbocycles. The highest BCUT2D eigenvalue weighted by Crippen LogP contribution is 2.47. The first-order valence-electron chi connectivity index (χ1n) is 8.66. The number of hydrogen-bond acceptors (Lipinski definition) is 6. The summed E-state index contributed by atoms with van der Waals surface area (Å²) in [6.07, 6.45) is 2.13. The molecule has 0 spiro atoms. The van der Waals surface area contributed by atoms with Gasteiger partial charge in [-0.05, 0) is 17.5 Å². The van der Waals surface area contributed by atoms with E-state index in [0.29, 0.717) is 35.1 Å². The molecule has 1 aliphatic heterocycles. The number of ketones is 1. The molecule has 6 nitrogen and oxygen atoms in total. The fraction of sp³-hybridized carbons (Fsp3) is 0.286. The lowest BCUT2D eigenvalue weighted by Gasteiger charge is -2.36. The molecule has 2 N–H and O–H groups in total. The fourth-order valence-corrected chi connectivity index (χ4v) is 3.89. The Morgan fingerprint density at radius 2 is 1.96 bits per heavy atom. The van der Waals surface area contributed by atoms with Crippen LogP contribution in [0, 0.1) is 16.7 Å². The third kappa shape index (κ3) is 2.63. The van der Waals surface area contributed by atoms with Gasteiger partial charge in [0.1, 0.15) is 23.0 Å². The van der Waals surface area contributed by atoms with Crippen molar-refractivity contribution in [1.82, 2.24) is 0 Å². The Morgan fingerprint density at radius 1 is 1.22 bits per heavy atom. The molecule has 2 aliphatic rings. The second kappa shape index (κ2) is 5.85. The van der Waals surface area contributed by atoms with Gasteiger partial charge < -0.3 is 14.9 Å². The van der Waals surface area contributed by atoms with E-state index in [1.54, 1.807) is 24.3 Å². The zero-order valence-electron chi connectivity index (χ0n) is 15.0. The number of nitrogens with zero attached hydrogens (tertiary/aromatic N) is 1.